The van der Waals surface area contributed by atoms with Crippen LogP contribution in [0, 0.1) is 5.41 Å². The van der Waals surface area contributed by atoms with Crippen molar-refractivity contribution in [2.24, 2.45) is 5.41 Å². The van der Waals surface area contributed by atoms with Crippen LogP contribution in [-0.4, -0.2) is 12.6 Å². The van der Waals surface area contributed by atoms with Crippen molar-refractivity contribution in [3.05, 3.63) is 29.8 Å². The summed E-state index contributed by atoms with van der Waals surface area (Å²) in [6.07, 6.45) is 6.78. The quantitative estimate of drug-likeness (QED) is 0.797. The van der Waals surface area contributed by atoms with Gasteiger partial charge < -0.3 is 10.1 Å². The van der Waals surface area contributed by atoms with Gasteiger partial charge in [0.2, 0.25) is 0 Å². The van der Waals surface area contributed by atoms with E-state index >= 15 is 0 Å². The first kappa shape index (κ1) is 13.0. The Balaban J connectivity index is 1.76. The zero-order valence-corrected chi connectivity index (χ0v) is 12.1. The van der Waals surface area contributed by atoms with Crippen LogP contribution in [0.15, 0.2) is 24.3 Å². The molecule has 1 aromatic carbocycles. The molecule has 2 saturated carbocycles. The summed E-state index contributed by atoms with van der Waals surface area (Å²) in [5.41, 5.74) is 1.85. The molecule has 0 bridgehead atoms. The summed E-state index contributed by atoms with van der Waals surface area (Å²) >= 11 is 0. The highest BCUT2D eigenvalue weighted by Gasteiger charge is 2.45. The summed E-state index contributed by atoms with van der Waals surface area (Å²) in [7, 11) is 0. The second kappa shape index (κ2) is 5.16. The summed E-state index contributed by atoms with van der Waals surface area (Å²) in [4.78, 5) is 0. The standard InChI is InChI=1S/C17H25NO/c1-3-11-18-16(17(2)9-10-17)13-5-4-6-15(12-13)19-14-7-8-14/h4-6,12,14,16,18H,3,7-11H2,1-2H3. The third-order valence-electron chi connectivity index (χ3n) is 4.35. The second-order valence-corrected chi connectivity index (χ2v) is 6.43. The van der Waals surface area contributed by atoms with Crippen LogP contribution in [0.5, 0.6) is 5.75 Å². The first-order valence-electron chi connectivity index (χ1n) is 7.71. The summed E-state index contributed by atoms with van der Waals surface area (Å²) in [5, 5.41) is 3.73. The Labute approximate surface area is 116 Å². The van der Waals surface area contributed by atoms with Crippen molar-refractivity contribution >= 4 is 0 Å². The molecule has 2 nitrogen and oxygen atoms in total. The first-order valence-corrected chi connectivity index (χ1v) is 7.71. The second-order valence-electron chi connectivity index (χ2n) is 6.43. The maximum Gasteiger partial charge on any atom is 0.120 e. The van der Waals surface area contributed by atoms with Crippen LogP contribution in [0.25, 0.3) is 0 Å². The van der Waals surface area contributed by atoms with Crippen molar-refractivity contribution < 1.29 is 4.74 Å². The fourth-order valence-electron chi connectivity index (χ4n) is 2.69. The van der Waals surface area contributed by atoms with Crippen LogP contribution < -0.4 is 10.1 Å². The van der Waals surface area contributed by atoms with Gasteiger partial charge in [-0.3, -0.25) is 0 Å². The summed E-state index contributed by atoms with van der Waals surface area (Å²) < 4.78 is 5.93. The molecule has 2 aliphatic carbocycles. The largest absolute Gasteiger partial charge is 0.490 e. The fraction of sp³-hybridized carbons (Fsp3) is 0.647. The fourth-order valence-corrected chi connectivity index (χ4v) is 2.69. The number of benzene rings is 1. The summed E-state index contributed by atoms with van der Waals surface area (Å²) in [6.45, 7) is 5.72. The van der Waals surface area contributed by atoms with Crippen LogP contribution in [-0.2, 0) is 0 Å². The van der Waals surface area contributed by atoms with Crippen LogP contribution in [0.1, 0.15) is 57.6 Å². The van der Waals surface area contributed by atoms with Crippen molar-refractivity contribution in [2.75, 3.05) is 6.54 Å². The highest BCUT2D eigenvalue weighted by Crippen LogP contribution is 2.54. The average molecular weight is 259 g/mol. The van der Waals surface area contributed by atoms with Gasteiger partial charge in [0.25, 0.3) is 0 Å². The molecule has 3 rings (SSSR count). The lowest BCUT2D eigenvalue weighted by Crippen LogP contribution is -2.28. The number of hydrogen-bond acceptors (Lipinski definition) is 2. The molecule has 0 aromatic heterocycles. The Kier molecular flexibility index (Phi) is 3.53. The van der Waals surface area contributed by atoms with E-state index in [-0.39, 0.29) is 0 Å². The number of nitrogens with one attached hydrogen (secondary N) is 1. The van der Waals surface area contributed by atoms with Crippen molar-refractivity contribution in [2.45, 2.75) is 58.1 Å². The van der Waals surface area contributed by atoms with Crippen LogP contribution in [0.3, 0.4) is 0 Å². The lowest BCUT2D eigenvalue weighted by molar-refractivity contribution is 0.301. The van der Waals surface area contributed by atoms with Gasteiger partial charge in [0, 0.05) is 6.04 Å². The normalized spacial score (nSPS) is 22.0. The Morgan fingerprint density at radius 1 is 1.37 bits per heavy atom. The molecule has 104 valence electrons. The Hall–Kier alpha value is -1.02. The molecule has 0 heterocycles. The monoisotopic (exact) mass is 259 g/mol. The lowest BCUT2D eigenvalue weighted by Gasteiger charge is -2.26. The molecule has 0 saturated heterocycles. The Morgan fingerprint density at radius 2 is 2.16 bits per heavy atom. The van der Waals surface area contributed by atoms with Gasteiger partial charge in [-0.15, -0.1) is 0 Å². The maximum absolute atomic E-state index is 5.93. The Morgan fingerprint density at radius 3 is 2.79 bits per heavy atom. The molecule has 1 unspecified atom stereocenters. The van der Waals surface area contributed by atoms with Crippen LogP contribution >= 0.6 is 0 Å². The van der Waals surface area contributed by atoms with E-state index < -0.39 is 0 Å². The smallest absolute Gasteiger partial charge is 0.120 e. The predicted molar refractivity (Wildman–Crippen MR) is 78.5 cm³/mol. The van der Waals surface area contributed by atoms with Crippen LogP contribution in [0.2, 0.25) is 0 Å². The molecule has 1 atom stereocenters. The number of ether oxygens (including phenoxy) is 1. The average Bonchev–Trinajstić information content (AvgIpc) is 3.30. The zero-order valence-electron chi connectivity index (χ0n) is 12.1. The minimum Gasteiger partial charge on any atom is -0.490 e. The molecule has 1 aromatic rings. The van der Waals surface area contributed by atoms with E-state index in [2.05, 4.69) is 43.4 Å². The van der Waals surface area contributed by atoms with Crippen molar-refractivity contribution in [1.29, 1.82) is 0 Å². The van der Waals surface area contributed by atoms with Gasteiger partial charge in [0.1, 0.15) is 5.75 Å². The van der Waals surface area contributed by atoms with E-state index in [1.54, 1.807) is 0 Å². The van der Waals surface area contributed by atoms with Crippen molar-refractivity contribution in [1.82, 2.24) is 5.32 Å². The first-order chi connectivity index (χ1) is 9.21. The Bertz CT molecular complexity index is 435. The SMILES string of the molecule is CCCNC(c1cccc(OC2CC2)c1)C1(C)CC1. The van der Waals surface area contributed by atoms with Gasteiger partial charge >= 0.3 is 0 Å². The molecular formula is C17H25NO. The highest BCUT2D eigenvalue weighted by atomic mass is 16.5. The molecule has 1 N–H and O–H groups in total. The zero-order chi connectivity index (χ0) is 13.3. The van der Waals surface area contributed by atoms with E-state index in [0.717, 1.165) is 12.3 Å². The molecule has 2 aliphatic rings. The maximum atomic E-state index is 5.93. The van der Waals surface area contributed by atoms with E-state index in [1.807, 2.05) is 0 Å². The summed E-state index contributed by atoms with van der Waals surface area (Å²) in [5.74, 6) is 1.05. The summed E-state index contributed by atoms with van der Waals surface area (Å²) in [6, 6.07) is 9.20. The minimum absolute atomic E-state index is 0.452. The topological polar surface area (TPSA) is 21.3 Å². The van der Waals surface area contributed by atoms with Gasteiger partial charge in [-0.1, -0.05) is 26.0 Å². The van der Waals surface area contributed by atoms with Gasteiger partial charge in [-0.2, -0.15) is 0 Å². The van der Waals surface area contributed by atoms with Crippen molar-refractivity contribution in [3.63, 3.8) is 0 Å². The van der Waals surface area contributed by atoms with Crippen LogP contribution in [0.4, 0.5) is 0 Å². The van der Waals surface area contributed by atoms with Gasteiger partial charge in [-0.25, -0.2) is 0 Å². The minimum atomic E-state index is 0.452. The highest BCUT2D eigenvalue weighted by molar-refractivity contribution is 5.33. The third kappa shape index (κ3) is 3.11. The van der Waals surface area contributed by atoms with Gasteiger partial charge in [-0.05, 0) is 61.8 Å². The van der Waals surface area contributed by atoms with E-state index in [0.29, 0.717) is 17.6 Å². The molecular weight excluding hydrogens is 234 g/mol. The molecule has 0 radical (unpaired) electrons. The van der Waals surface area contributed by atoms with Gasteiger partial charge in [0.05, 0.1) is 6.10 Å². The lowest BCUT2D eigenvalue weighted by atomic mass is 9.91. The number of hydrogen-bond donors (Lipinski definition) is 1. The number of rotatable bonds is 7. The van der Waals surface area contributed by atoms with Gasteiger partial charge in [0.15, 0.2) is 0 Å². The molecule has 19 heavy (non-hydrogen) atoms. The molecule has 0 aliphatic heterocycles. The third-order valence-corrected chi connectivity index (χ3v) is 4.35. The molecule has 2 fully saturated rings. The molecule has 0 amide bonds. The van der Waals surface area contributed by atoms with E-state index in [1.165, 1.54) is 37.7 Å². The molecule has 2 heteroatoms. The molecule has 0 spiro atoms. The van der Waals surface area contributed by atoms with Crippen molar-refractivity contribution in [3.8, 4) is 5.75 Å². The van der Waals surface area contributed by atoms with E-state index in [9.17, 15) is 0 Å². The van der Waals surface area contributed by atoms with E-state index in [4.69, 9.17) is 4.74 Å². The predicted octanol–water partition coefficient (Wildman–Crippen LogP) is 4.07.